The van der Waals surface area contributed by atoms with Gasteiger partial charge in [0.2, 0.25) is 0 Å². The quantitative estimate of drug-likeness (QED) is 0.424. The van der Waals surface area contributed by atoms with Crippen LogP contribution in [0.5, 0.6) is 0 Å². The van der Waals surface area contributed by atoms with Gasteiger partial charge >= 0.3 is 11.9 Å². The first-order valence-electron chi connectivity index (χ1n) is 9.79. The summed E-state index contributed by atoms with van der Waals surface area (Å²) in [5.41, 5.74) is 4.98. The number of nitrogens with two attached hydrogens (primary N) is 1. The molecule has 5 N–H and O–H groups in total. The smallest absolute Gasteiger partial charge is 0.356 e. The van der Waals surface area contributed by atoms with Crippen LogP contribution in [0.25, 0.3) is 0 Å². The summed E-state index contributed by atoms with van der Waals surface area (Å²) in [6.45, 7) is 5.76. The molecule has 0 saturated heterocycles. The van der Waals surface area contributed by atoms with E-state index in [-0.39, 0.29) is 57.1 Å². The first-order chi connectivity index (χ1) is 15.8. The number of amides is 1. The van der Waals surface area contributed by atoms with Crippen LogP contribution in [0.3, 0.4) is 0 Å². The zero-order valence-electron chi connectivity index (χ0n) is 18.7. The molecule has 1 aliphatic heterocycles. The van der Waals surface area contributed by atoms with E-state index in [1.807, 2.05) is 13.8 Å². The lowest BCUT2D eigenvalue weighted by Gasteiger charge is -2.21. The highest BCUT2D eigenvalue weighted by atomic mass is 35.5. The number of hydrogen-bond donors (Lipinski definition) is 4. The number of nitrogens with zero attached hydrogens (tertiary/aromatic N) is 3. The van der Waals surface area contributed by atoms with Crippen LogP contribution in [0.2, 0.25) is 10.2 Å². The van der Waals surface area contributed by atoms with E-state index in [1.165, 1.54) is 25.4 Å². The van der Waals surface area contributed by atoms with E-state index in [9.17, 15) is 19.5 Å². The number of pyridine rings is 2. The molecule has 2 aromatic heterocycles. The third-order valence-corrected chi connectivity index (χ3v) is 5.62. The Hall–Kier alpha value is -3.28. The number of nitrogens with one attached hydrogen (secondary N) is 1. The third-order valence-electron chi connectivity index (χ3n) is 5.03. The van der Waals surface area contributed by atoms with E-state index < -0.39 is 17.5 Å². The molecule has 0 aliphatic carbocycles. The Morgan fingerprint density at radius 3 is 2.38 bits per heavy atom. The van der Waals surface area contributed by atoms with Gasteiger partial charge in [-0.3, -0.25) is 9.78 Å². The summed E-state index contributed by atoms with van der Waals surface area (Å²) in [7, 11) is 1.52. The summed E-state index contributed by atoms with van der Waals surface area (Å²) in [4.78, 5) is 46.1. The molecule has 1 unspecified atom stereocenters. The maximum absolute atomic E-state index is 12.2. The SMILES string of the molecule is COCc1cnc(C2=NC(C)(C(C)C)C(=O)N2)c(C(=O)O)c1.Nc1cc(Cl)nc(C(=O)O)c1Cl. The van der Waals surface area contributed by atoms with Crippen LogP contribution in [-0.2, 0) is 16.1 Å². The summed E-state index contributed by atoms with van der Waals surface area (Å²) >= 11 is 11.0. The lowest BCUT2D eigenvalue weighted by molar-refractivity contribution is -0.124. The Balaban J connectivity index is 0.000000287. The van der Waals surface area contributed by atoms with Crippen LogP contribution in [0.15, 0.2) is 23.3 Å². The summed E-state index contributed by atoms with van der Waals surface area (Å²) in [5.74, 6) is -2.46. The number of rotatable bonds is 6. The van der Waals surface area contributed by atoms with Gasteiger partial charge in [0.05, 0.1) is 22.9 Å². The fourth-order valence-corrected chi connectivity index (χ4v) is 3.19. The molecular weight excluding hydrogens is 489 g/mol. The minimum Gasteiger partial charge on any atom is -0.478 e. The molecule has 0 radical (unpaired) electrons. The minimum absolute atomic E-state index is 0.00861. The predicted molar refractivity (Wildman–Crippen MR) is 125 cm³/mol. The average molecular weight is 512 g/mol. The number of aliphatic imine (C=N–C) groups is 1. The standard InChI is InChI=1S/C15H19N3O4.C6H4Cl2N2O2/c1-8(2)15(3)14(21)17-12(18-15)11-10(13(19)20)5-9(6-16-11)7-22-4;7-3-1-2(9)4(8)5(10-3)6(11)12/h5-6,8H,7H2,1-4H3,(H,19,20)(H,17,18,21);1H,(H2,9,10)(H,11,12). The molecule has 2 aromatic rings. The summed E-state index contributed by atoms with van der Waals surface area (Å²) < 4.78 is 4.98. The van der Waals surface area contributed by atoms with Crippen LogP contribution < -0.4 is 11.1 Å². The Bertz CT molecular complexity index is 1170. The molecule has 0 bridgehead atoms. The van der Waals surface area contributed by atoms with Gasteiger partial charge in [-0.2, -0.15) is 0 Å². The molecule has 34 heavy (non-hydrogen) atoms. The first-order valence-corrected chi connectivity index (χ1v) is 10.5. The largest absolute Gasteiger partial charge is 0.478 e. The number of carboxylic acid groups (broad SMARTS) is 2. The van der Waals surface area contributed by atoms with Crippen molar-refractivity contribution in [3.63, 3.8) is 0 Å². The molecule has 1 atom stereocenters. The highest BCUT2D eigenvalue weighted by Gasteiger charge is 2.43. The molecule has 11 nitrogen and oxygen atoms in total. The first kappa shape index (κ1) is 27.0. The average Bonchev–Trinajstić information content (AvgIpc) is 3.07. The van der Waals surface area contributed by atoms with Gasteiger partial charge in [-0.05, 0) is 30.5 Å². The number of methoxy groups -OCH3 is 1. The Morgan fingerprint density at radius 2 is 1.88 bits per heavy atom. The molecule has 0 spiro atoms. The topological polar surface area (TPSA) is 177 Å². The van der Waals surface area contributed by atoms with Gasteiger partial charge in [-0.1, -0.05) is 37.0 Å². The van der Waals surface area contributed by atoms with Crippen molar-refractivity contribution >= 4 is 52.6 Å². The lowest BCUT2D eigenvalue weighted by atomic mass is 9.89. The fraction of sp³-hybridized carbons (Fsp3) is 0.333. The number of anilines is 1. The molecule has 182 valence electrons. The molecule has 1 amide bonds. The van der Waals surface area contributed by atoms with Crippen molar-refractivity contribution < 1.29 is 29.3 Å². The van der Waals surface area contributed by atoms with Crippen LogP contribution in [0.1, 0.15) is 52.9 Å². The number of nitrogen functional groups attached to an aromatic ring is 1. The van der Waals surface area contributed by atoms with E-state index in [4.69, 9.17) is 38.8 Å². The molecular formula is C21H23Cl2N5O6. The van der Waals surface area contributed by atoms with Crippen molar-refractivity contribution in [1.29, 1.82) is 0 Å². The fourth-order valence-electron chi connectivity index (χ4n) is 2.81. The van der Waals surface area contributed by atoms with Gasteiger partial charge in [0.25, 0.3) is 5.91 Å². The van der Waals surface area contributed by atoms with Gasteiger partial charge < -0.3 is 26.0 Å². The number of carbonyl (C=O) groups excluding carboxylic acids is 1. The van der Waals surface area contributed by atoms with E-state index in [0.29, 0.717) is 5.56 Å². The van der Waals surface area contributed by atoms with Gasteiger partial charge in [-0.25, -0.2) is 19.6 Å². The number of aromatic nitrogens is 2. The molecule has 0 saturated carbocycles. The highest BCUT2D eigenvalue weighted by Crippen LogP contribution is 2.27. The van der Waals surface area contributed by atoms with Crippen molar-refractivity contribution in [3.05, 3.63) is 51.0 Å². The monoisotopic (exact) mass is 511 g/mol. The molecule has 0 fully saturated rings. The molecule has 1 aliphatic rings. The Labute approximate surface area is 205 Å². The van der Waals surface area contributed by atoms with Crippen molar-refractivity contribution in [2.24, 2.45) is 10.9 Å². The van der Waals surface area contributed by atoms with E-state index in [2.05, 4.69) is 20.3 Å². The van der Waals surface area contributed by atoms with Crippen molar-refractivity contribution in [2.45, 2.75) is 32.9 Å². The minimum atomic E-state index is -1.26. The van der Waals surface area contributed by atoms with Crippen molar-refractivity contribution in [1.82, 2.24) is 15.3 Å². The zero-order chi connectivity index (χ0) is 25.8. The Morgan fingerprint density at radius 1 is 1.24 bits per heavy atom. The molecule has 3 rings (SSSR count). The van der Waals surface area contributed by atoms with Crippen LogP contribution in [0, 0.1) is 5.92 Å². The van der Waals surface area contributed by atoms with E-state index in [1.54, 1.807) is 6.92 Å². The third kappa shape index (κ3) is 5.79. The maximum Gasteiger partial charge on any atom is 0.356 e. The maximum atomic E-state index is 12.2. The van der Waals surface area contributed by atoms with Crippen molar-refractivity contribution in [2.75, 3.05) is 12.8 Å². The van der Waals surface area contributed by atoms with Crippen LogP contribution in [-0.4, -0.2) is 56.5 Å². The number of halogens is 2. The summed E-state index contributed by atoms with van der Waals surface area (Å²) in [6.07, 6.45) is 1.52. The van der Waals surface area contributed by atoms with Crippen LogP contribution in [0.4, 0.5) is 5.69 Å². The van der Waals surface area contributed by atoms with Gasteiger partial charge in [0.15, 0.2) is 11.5 Å². The molecule has 3 heterocycles. The number of amidine groups is 1. The number of ether oxygens (including phenoxy) is 1. The lowest BCUT2D eigenvalue weighted by Crippen LogP contribution is -2.41. The van der Waals surface area contributed by atoms with Gasteiger partial charge in [-0.15, -0.1) is 0 Å². The normalized spacial score (nSPS) is 17.0. The molecule has 0 aromatic carbocycles. The van der Waals surface area contributed by atoms with E-state index in [0.717, 1.165) is 0 Å². The summed E-state index contributed by atoms with van der Waals surface area (Å²) in [6, 6.07) is 2.77. The number of carboxylic acids is 2. The predicted octanol–water partition coefficient (Wildman–Crippen LogP) is 2.89. The number of hydrogen-bond acceptors (Lipinski definition) is 8. The Kier molecular flexibility index (Phi) is 8.54. The van der Waals surface area contributed by atoms with E-state index >= 15 is 0 Å². The second-order valence-corrected chi connectivity index (χ2v) is 8.46. The molecule has 13 heteroatoms. The highest BCUT2D eigenvalue weighted by molar-refractivity contribution is 6.36. The zero-order valence-corrected chi connectivity index (χ0v) is 20.2. The summed E-state index contributed by atoms with van der Waals surface area (Å²) in [5, 5.41) is 20.5. The van der Waals surface area contributed by atoms with Gasteiger partial charge in [0.1, 0.15) is 16.4 Å². The van der Waals surface area contributed by atoms with Gasteiger partial charge in [0, 0.05) is 13.3 Å². The van der Waals surface area contributed by atoms with Crippen LogP contribution >= 0.6 is 23.2 Å². The number of carbonyl (C=O) groups is 3. The van der Waals surface area contributed by atoms with Crippen molar-refractivity contribution in [3.8, 4) is 0 Å². The second kappa shape index (κ2) is 10.8. The second-order valence-electron chi connectivity index (χ2n) is 7.70. The number of aromatic carboxylic acids is 2.